The normalized spacial score (nSPS) is 13.1. The van der Waals surface area contributed by atoms with Crippen molar-refractivity contribution in [2.24, 2.45) is 0 Å². The van der Waals surface area contributed by atoms with Crippen LogP contribution in [-0.2, 0) is 30.9 Å². The van der Waals surface area contributed by atoms with Gasteiger partial charge in [-0.25, -0.2) is 4.39 Å². The van der Waals surface area contributed by atoms with Gasteiger partial charge in [0, 0.05) is 42.5 Å². The van der Waals surface area contributed by atoms with Crippen LogP contribution in [0.5, 0.6) is 11.5 Å². The fourth-order valence-corrected chi connectivity index (χ4v) is 4.72. The number of aryl methyl sites for hydroxylation is 1. The van der Waals surface area contributed by atoms with Crippen molar-refractivity contribution in [3.63, 3.8) is 0 Å². The largest absolute Gasteiger partial charge is 0.503 e. The number of carbonyl (C=O) groups excluding carboxylic acids is 1. The maximum Gasteiger partial charge on any atom is 0.222 e. The third-order valence-electron chi connectivity index (χ3n) is 5.94. The number of alkyl halides is 1. The lowest BCUT2D eigenvalue weighted by molar-refractivity contribution is -0.132. The Bertz CT molecular complexity index is 1190. The minimum absolute atomic E-state index is 0.0223. The maximum atomic E-state index is 13.2. The first-order valence-electron chi connectivity index (χ1n) is 10.7. The number of aromatic hydroxyl groups is 2. The molecule has 3 aromatic rings. The first kappa shape index (κ1) is 23.3. The SMILES string of the molecule is O=C(CCCc1ncc(CF)cc1-c1ccccc1)N1CCc2c(Cl)c(O)c(O)c(Cl)c2C1. The number of rotatable bonds is 6. The fraction of sp³-hybridized carbons (Fsp3) is 0.280. The van der Waals surface area contributed by atoms with Gasteiger partial charge in [-0.3, -0.25) is 9.78 Å². The van der Waals surface area contributed by atoms with E-state index in [4.69, 9.17) is 23.2 Å². The smallest absolute Gasteiger partial charge is 0.222 e. The molecule has 0 atom stereocenters. The number of benzene rings is 2. The highest BCUT2D eigenvalue weighted by Gasteiger charge is 2.28. The molecule has 1 aromatic heterocycles. The van der Waals surface area contributed by atoms with Gasteiger partial charge in [-0.05, 0) is 42.0 Å². The Kier molecular flexibility index (Phi) is 7.05. The van der Waals surface area contributed by atoms with Crippen molar-refractivity contribution in [1.82, 2.24) is 9.88 Å². The van der Waals surface area contributed by atoms with Gasteiger partial charge in [-0.15, -0.1) is 0 Å². The van der Waals surface area contributed by atoms with Gasteiger partial charge >= 0.3 is 0 Å². The summed E-state index contributed by atoms with van der Waals surface area (Å²) < 4.78 is 13.2. The average molecular weight is 489 g/mol. The fourth-order valence-electron chi connectivity index (χ4n) is 4.16. The number of aromatic nitrogens is 1. The molecule has 2 heterocycles. The van der Waals surface area contributed by atoms with Gasteiger partial charge in [0.15, 0.2) is 11.5 Å². The summed E-state index contributed by atoms with van der Waals surface area (Å²) in [6.07, 6.45) is 3.45. The quantitative estimate of drug-likeness (QED) is 0.427. The minimum Gasteiger partial charge on any atom is -0.503 e. The Labute approximate surface area is 201 Å². The number of nitrogens with zero attached hydrogens (tertiary/aromatic N) is 2. The molecule has 4 rings (SSSR count). The zero-order valence-corrected chi connectivity index (χ0v) is 19.3. The minimum atomic E-state index is -0.581. The predicted molar refractivity (Wildman–Crippen MR) is 126 cm³/mol. The van der Waals surface area contributed by atoms with E-state index in [0.717, 1.165) is 16.8 Å². The molecule has 5 nitrogen and oxygen atoms in total. The standard InChI is InChI=1S/C25H23Cl2FN2O3/c26-22-17-9-10-30(14-19(17)23(27)25(33)24(22)32)21(31)8-4-7-20-18(11-15(12-28)13-29-20)16-5-2-1-3-6-16/h1-3,5-6,11,13,32-33H,4,7-10,12,14H2. The van der Waals surface area contributed by atoms with E-state index in [9.17, 15) is 19.4 Å². The van der Waals surface area contributed by atoms with Crippen LogP contribution < -0.4 is 0 Å². The Hall–Kier alpha value is -2.83. The molecular formula is C25H23Cl2FN2O3. The molecule has 0 fully saturated rings. The molecule has 0 aliphatic carbocycles. The maximum absolute atomic E-state index is 13.2. The summed E-state index contributed by atoms with van der Waals surface area (Å²) in [7, 11) is 0. The lowest BCUT2D eigenvalue weighted by atomic mass is 9.97. The number of hydrogen-bond donors (Lipinski definition) is 2. The highest BCUT2D eigenvalue weighted by Crippen LogP contribution is 2.46. The van der Waals surface area contributed by atoms with Gasteiger partial charge in [0.05, 0.1) is 10.0 Å². The molecule has 33 heavy (non-hydrogen) atoms. The van der Waals surface area contributed by atoms with E-state index in [0.29, 0.717) is 48.9 Å². The van der Waals surface area contributed by atoms with Crippen LogP contribution in [0.3, 0.4) is 0 Å². The number of pyridine rings is 1. The first-order chi connectivity index (χ1) is 15.9. The average Bonchev–Trinajstić information content (AvgIpc) is 2.86. The van der Waals surface area contributed by atoms with Crippen LogP contribution in [0.4, 0.5) is 4.39 Å². The summed E-state index contributed by atoms with van der Waals surface area (Å²) in [4.78, 5) is 19.0. The van der Waals surface area contributed by atoms with Crippen LogP contribution >= 0.6 is 23.2 Å². The molecule has 1 amide bonds. The third kappa shape index (κ3) is 4.77. The van der Waals surface area contributed by atoms with Crippen LogP contribution in [0.2, 0.25) is 10.0 Å². The number of amides is 1. The molecule has 0 saturated carbocycles. The Balaban J connectivity index is 1.44. The second-order valence-corrected chi connectivity index (χ2v) is 8.79. The molecule has 2 aromatic carbocycles. The van der Waals surface area contributed by atoms with Gasteiger partial charge < -0.3 is 15.1 Å². The van der Waals surface area contributed by atoms with Crippen molar-refractivity contribution < 1.29 is 19.4 Å². The third-order valence-corrected chi connectivity index (χ3v) is 6.75. The predicted octanol–water partition coefficient (Wildman–Crippen LogP) is 5.84. The molecule has 0 spiro atoms. The number of halogens is 3. The molecule has 1 aliphatic heterocycles. The zero-order chi connectivity index (χ0) is 23.5. The second-order valence-electron chi connectivity index (χ2n) is 8.04. The summed E-state index contributed by atoms with van der Waals surface area (Å²) in [5, 5.41) is 20.0. The van der Waals surface area contributed by atoms with Crippen LogP contribution in [0.25, 0.3) is 11.1 Å². The number of phenolic OH excluding ortho intramolecular Hbond substituents is 2. The highest BCUT2D eigenvalue weighted by atomic mass is 35.5. The summed E-state index contributed by atoms with van der Waals surface area (Å²) in [6, 6.07) is 11.5. The van der Waals surface area contributed by atoms with Gasteiger partial charge in [0.25, 0.3) is 0 Å². The Morgan fingerprint density at radius 3 is 2.48 bits per heavy atom. The lowest BCUT2D eigenvalue weighted by Gasteiger charge is -2.30. The zero-order valence-electron chi connectivity index (χ0n) is 17.8. The van der Waals surface area contributed by atoms with Gasteiger partial charge in [-0.2, -0.15) is 0 Å². The molecule has 0 radical (unpaired) electrons. The Morgan fingerprint density at radius 1 is 1.09 bits per heavy atom. The van der Waals surface area contributed by atoms with E-state index in [1.165, 1.54) is 0 Å². The number of hydrogen-bond acceptors (Lipinski definition) is 4. The number of phenols is 2. The summed E-state index contributed by atoms with van der Waals surface area (Å²) in [5.74, 6) is -0.936. The lowest BCUT2D eigenvalue weighted by Crippen LogP contribution is -2.36. The van der Waals surface area contributed by atoms with Crippen LogP contribution in [0, 0.1) is 0 Å². The van der Waals surface area contributed by atoms with E-state index >= 15 is 0 Å². The molecule has 0 bridgehead atoms. The summed E-state index contributed by atoms with van der Waals surface area (Å²) >= 11 is 12.4. The van der Waals surface area contributed by atoms with Crippen molar-refractivity contribution in [2.45, 2.75) is 38.9 Å². The summed E-state index contributed by atoms with van der Waals surface area (Å²) in [6.45, 7) is 0.0893. The van der Waals surface area contributed by atoms with E-state index < -0.39 is 18.2 Å². The molecule has 8 heteroatoms. The van der Waals surface area contributed by atoms with Gasteiger partial charge in [0.1, 0.15) is 6.67 Å². The van der Waals surface area contributed by atoms with E-state index in [1.54, 1.807) is 11.1 Å². The molecule has 0 unspecified atom stereocenters. The second kappa shape index (κ2) is 9.98. The van der Waals surface area contributed by atoms with Crippen molar-refractivity contribution in [1.29, 1.82) is 0 Å². The van der Waals surface area contributed by atoms with Crippen molar-refractivity contribution in [3.05, 3.63) is 75.0 Å². The number of carbonyl (C=O) groups is 1. The Morgan fingerprint density at radius 2 is 1.79 bits per heavy atom. The monoisotopic (exact) mass is 488 g/mol. The van der Waals surface area contributed by atoms with Crippen molar-refractivity contribution in [2.75, 3.05) is 6.54 Å². The topological polar surface area (TPSA) is 73.7 Å². The van der Waals surface area contributed by atoms with E-state index in [2.05, 4.69) is 4.98 Å². The molecule has 2 N–H and O–H groups in total. The molecule has 1 aliphatic rings. The van der Waals surface area contributed by atoms with E-state index in [1.807, 2.05) is 36.4 Å². The molecule has 0 saturated heterocycles. The molecule has 172 valence electrons. The number of fused-ring (bicyclic) bond motifs is 1. The van der Waals surface area contributed by atoms with Gasteiger partial charge in [0.2, 0.25) is 5.91 Å². The van der Waals surface area contributed by atoms with E-state index in [-0.39, 0.29) is 22.5 Å². The van der Waals surface area contributed by atoms with Crippen molar-refractivity contribution in [3.8, 4) is 22.6 Å². The van der Waals surface area contributed by atoms with Crippen molar-refractivity contribution >= 4 is 29.1 Å². The highest BCUT2D eigenvalue weighted by molar-refractivity contribution is 6.36. The summed E-state index contributed by atoms with van der Waals surface area (Å²) in [5.41, 5.74) is 4.40. The molecular weight excluding hydrogens is 466 g/mol. The van der Waals surface area contributed by atoms with Gasteiger partial charge in [-0.1, -0.05) is 53.5 Å². The van der Waals surface area contributed by atoms with Crippen LogP contribution in [-0.4, -0.2) is 32.5 Å². The van der Waals surface area contributed by atoms with Crippen LogP contribution in [0.15, 0.2) is 42.6 Å². The first-order valence-corrected chi connectivity index (χ1v) is 11.4. The van der Waals surface area contributed by atoms with Crippen LogP contribution in [0.1, 0.15) is 35.2 Å².